The SMILES string of the molecule is CCC(CC)n1ccc(CNC2CCC2)n1. The summed E-state index contributed by atoms with van der Waals surface area (Å²) < 4.78 is 2.12. The van der Waals surface area contributed by atoms with Crippen molar-refractivity contribution in [1.29, 1.82) is 0 Å². The number of aromatic nitrogens is 2. The Morgan fingerprint density at radius 2 is 2.19 bits per heavy atom. The smallest absolute Gasteiger partial charge is 0.0762 e. The topological polar surface area (TPSA) is 29.9 Å². The van der Waals surface area contributed by atoms with Gasteiger partial charge in [-0.05, 0) is 31.7 Å². The van der Waals surface area contributed by atoms with Gasteiger partial charge in [0, 0.05) is 18.8 Å². The maximum atomic E-state index is 4.64. The van der Waals surface area contributed by atoms with Gasteiger partial charge in [-0.25, -0.2) is 0 Å². The van der Waals surface area contributed by atoms with Crippen LogP contribution in [0.2, 0.25) is 0 Å². The molecule has 0 bridgehead atoms. The fourth-order valence-electron chi connectivity index (χ4n) is 2.20. The lowest BCUT2D eigenvalue weighted by Gasteiger charge is -2.26. The van der Waals surface area contributed by atoms with Crippen LogP contribution in [0.5, 0.6) is 0 Å². The Morgan fingerprint density at radius 1 is 1.44 bits per heavy atom. The molecule has 16 heavy (non-hydrogen) atoms. The zero-order chi connectivity index (χ0) is 11.4. The van der Waals surface area contributed by atoms with E-state index in [4.69, 9.17) is 0 Å². The Hall–Kier alpha value is -0.830. The summed E-state index contributed by atoms with van der Waals surface area (Å²) in [5.74, 6) is 0. The zero-order valence-electron chi connectivity index (χ0n) is 10.4. The molecule has 3 heteroatoms. The molecule has 1 heterocycles. The summed E-state index contributed by atoms with van der Waals surface area (Å²) in [6.07, 6.45) is 8.51. The third-order valence-corrected chi connectivity index (χ3v) is 3.66. The van der Waals surface area contributed by atoms with Gasteiger partial charge in [0.1, 0.15) is 0 Å². The Bertz CT molecular complexity index is 311. The van der Waals surface area contributed by atoms with Crippen molar-refractivity contribution in [1.82, 2.24) is 15.1 Å². The Labute approximate surface area is 98.2 Å². The highest BCUT2D eigenvalue weighted by atomic mass is 15.3. The van der Waals surface area contributed by atoms with Crippen molar-refractivity contribution in [2.24, 2.45) is 0 Å². The van der Waals surface area contributed by atoms with E-state index in [1.165, 1.54) is 25.0 Å². The maximum Gasteiger partial charge on any atom is 0.0762 e. The molecule has 0 aromatic carbocycles. The Balaban J connectivity index is 1.85. The molecular formula is C13H23N3. The van der Waals surface area contributed by atoms with Crippen molar-refractivity contribution < 1.29 is 0 Å². The van der Waals surface area contributed by atoms with Crippen molar-refractivity contribution in [2.75, 3.05) is 0 Å². The molecule has 0 aliphatic heterocycles. The highest BCUT2D eigenvalue weighted by Crippen LogP contribution is 2.19. The molecule has 90 valence electrons. The monoisotopic (exact) mass is 221 g/mol. The highest BCUT2D eigenvalue weighted by molar-refractivity contribution is 5.00. The summed E-state index contributed by atoms with van der Waals surface area (Å²) in [6.45, 7) is 5.38. The minimum absolute atomic E-state index is 0.567. The van der Waals surface area contributed by atoms with E-state index >= 15 is 0 Å². The second kappa shape index (κ2) is 5.48. The van der Waals surface area contributed by atoms with Gasteiger partial charge in [0.15, 0.2) is 0 Å². The van der Waals surface area contributed by atoms with Crippen molar-refractivity contribution in [3.05, 3.63) is 18.0 Å². The predicted octanol–water partition coefficient (Wildman–Crippen LogP) is 2.89. The number of hydrogen-bond donors (Lipinski definition) is 1. The highest BCUT2D eigenvalue weighted by Gasteiger charge is 2.16. The molecule has 1 aliphatic carbocycles. The largest absolute Gasteiger partial charge is 0.308 e. The molecular weight excluding hydrogens is 198 g/mol. The van der Waals surface area contributed by atoms with E-state index in [1.807, 2.05) is 0 Å². The zero-order valence-corrected chi connectivity index (χ0v) is 10.4. The van der Waals surface area contributed by atoms with E-state index < -0.39 is 0 Å². The van der Waals surface area contributed by atoms with Crippen LogP contribution in [0.15, 0.2) is 12.3 Å². The Kier molecular flexibility index (Phi) is 3.99. The average Bonchev–Trinajstić information content (AvgIpc) is 2.66. The molecule has 2 rings (SSSR count). The summed E-state index contributed by atoms with van der Waals surface area (Å²) in [5, 5.41) is 8.18. The third kappa shape index (κ3) is 2.64. The van der Waals surface area contributed by atoms with Gasteiger partial charge in [-0.1, -0.05) is 20.3 Å². The van der Waals surface area contributed by atoms with E-state index in [9.17, 15) is 0 Å². The maximum absolute atomic E-state index is 4.64. The van der Waals surface area contributed by atoms with Gasteiger partial charge >= 0.3 is 0 Å². The first kappa shape index (κ1) is 11.6. The van der Waals surface area contributed by atoms with E-state index in [-0.39, 0.29) is 0 Å². The van der Waals surface area contributed by atoms with Gasteiger partial charge in [-0.3, -0.25) is 4.68 Å². The molecule has 1 fully saturated rings. The van der Waals surface area contributed by atoms with Gasteiger partial charge in [-0.2, -0.15) is 5.10 Å². The molecule has 0 atom stereocenters. The van der Waals surface area contributed by atoms with Crippen LogP contribution in [0.25, 0.3) is 0 Å². The van der Waals surface area contributed by atoms with Gasteiger partial charge in [0.05, 0.1) is 11.7 Å². The number of nitrogens with one attached hydrogen (secondary N) is 1. The van der Waals surface area contributed by atoms with Gasteiger partial charge in [0.25, 0.3) is 0 Å². The number of rotatable bonds is 6. The van der Waals surface area contributed by atoms with Gasteiger partial charge in [-0.15, -0.1) is 0 Å². The van der Waals surface area contributed by atoms with Crippen LogP contribution in [0.1, 0.15) is 57.7 Å². The number of hydrogen-bond acceptors (Lipinski definition) is 2. The second-order valence-electron chi connectivity index (χ2n) is 4.77. The minimum atomic E-state index is 0.567. The molecule has 0 unspecified atom stereocenters. The molecule has 1 aliphatic rings. The lowest BCUT2D eigenvalue weighted by atomic mass is 9.93. The molecule has 0 amide bonds. The molecule has 1 aromatic rings. The van der Waals surface area contributed by atoms with E-state index in [0.717, 1.165) is 25.4 Å². The van der Waals surface area contributed by atoms with Crippen molar-refractivity contribution >= 4 is 0 Å². The summed E-state index contributed by atoms with van der Waals surface area (Å²) >= 11 is 0. The summed E-state index contributed by atoms with van der Waals surface area (Å²) in [5.41, 5.74) is 1.18. The van der Waals surface area contributed by atoms with Crippen LogP contribution >= 0.6 is 0 Å². The summed E-state index contributed by atoms with van der Waals surface area (Å²) in [7, 11) is 0. The van der Waals surface area contributed by atoms with Gasteiger partial charge in [0.2, 0.25) is 0 Å². The first-order valence-electron chi connectivity index (χ1n) is 6.61. The quantitative estimate of drug-likeness (QED) is 0.800. The lowest BCUT2D eigenvalue weighted by Crippen LogP contribution is -2.34. The molecule has 3 nitrogen and oxygen atoms in total. The molecule has 0 radical (unpaired) electrons. The Morgan fingerprint density at radius 3 is 2.75 bits per heavy atom. The minimum Gasteiger partial charge on any atom is -0.308 e. The van der Waals surface area contributed by atoms with Crippen molar-refractivity contribution in [2.45, 2.75) is 64.6 Å². The fourth-order valence-corrected chi connectivity index (χ4v) is 2.20. The molecule has 1 aromatic heterocycles. The molecule has 1 N–H and O–H groups in total. The van der Waals surface area contributed by atoms with Crippen molar-refractivity contribution in [3.63, 3.8) is 0 Å². The van der Waals surface area contributed by atoms with E-state index in [1.54, 1.807) is 0 Å². The first-order chi connectivity index (χ1) is 7.83. The normalized spacial score (nSPS) is 16.7. The lowest BCUT2D eigenvalue weighted by molar-refractivity contribution is 0.335. The first-order valence-corrected chi connectivity index (χ1v) is 6.61. The molecule has 1 saturated carbocycles. The predicted molar refractivity (Wildman–Crippen MR) is 66.3 cm³/mol. The fraction of sp³-hybridized carbons (Fsp3) is 0.769. The van der Waals surface area contributed by atoms with Crippen molar-refractivity contribution in [3.8, 4) is 0 Å². The number of nitrogens with zero attached hydrogens (tertiary/aromatic N) is 2. The average molecular weight is 221 g/mol. The van der Waals surface area contributed by atoms with Crippen LogP contribution in [0.3, 0.4) is 0 Å². The van der Waals surface area contributed by atoms with Crippen LogP contribution in [-0.4, -0.2) is 15.8 Å². The standard InChI is InChI=1S/C13H23N3/c1-3-13(4-2)16-9-8-12(15-16)10-14-11-6-5-7-11/h8-9,11,13-14H,3-7,10H2,1-2H3. The molecule has 0 saturated heterocycles. The van der Waals surface area contributed by atoms with Crippen LogP contribution in [-0.2, 0) is 6.54 Å². The second-order valence-corrected chi connectivity index (χ2v) is 4.77. The van der Waals surface area contributed by atoms with E-state index in [2.05, 4.69) is 41.2 Å². The summed E-state index contributed by atoms with van der Waals surface area (Å²) in [4.78, 5) is 0. The van der Waals surface area contributed by atoms with Crippen LogP contribution in [0, 0.1) is 0 Å². The van der Waals surface area contributed by atoms with Gasteiger partial charge < -0.3 is 5.32 Å². The van der Waals surface area contributed by atoms with E-state index in [0.29, 0.717) is 6.04 Å². The van der Waals surface area contributed by atoms with Crippen LogP contribution < -0.4 is 5.32 Å². The van der Waals surface area contributed by atoms with Crippen LogP contribution in [0.4, 0.5) is 0 Å². The molecule has 0 spiro atoms. The summed E-state index contributed by atoms with van der Waals surface area (Å²) in [6, 6.07) is 3.46. The third-order valence-electron chi connectivity index (χ3n) is 3.66.